The lowest BCUT2D eigenvalue weighted by Gasteiger charge is -2.47. The zero-order valence-corrected chi connectivity index (χ0v) is 61.3. The Kier molecular flexibility index (Phi) is 24.8. The molecule has 0 bridgehead atoms. The van der Waals surface area contributed by atoms with Crippen LogP contribution in [0.5, 0.6) is 0 Å². The van der Waals surface area contributed by atoms with Crippen LogP contribution in [0.4, 0.5) is 34.1 Å². The first-order chi connectivity index (χ1) is 50.8. The molecule has 6 aromatic carbocycles. The van der Waals surface area contributed by atoms with Crippen LogP contribution in [0.3, 0.4) is 0 Å². The SMILES string of the molecule is CCCCCC(=O)OCC1(COC(=O)CCCCC)Nc2cccc3ccc(C4=C([O-])C(c5ccc6ccc(C7=C([O-])C(c8ccc9cccc%10c9c8NC(COC(=O)CCCCC)(COC(=O)CCCCC)N%10)=C7[O-])c7c6c5NC(COC(=O)CCCCC)(COC(=O)CCCCC)N7)=C4[O-])c(c23)N1. The lowest BCUT2D eigenvalue weighted by Crippen LogP contribution is -2.56. The van der Waals surface area contributed by atoms with Gasteiger partial charge >= 0.3 is 35.8 Å². The number of esters is 6. The van der Waals surface area contributed by atoms with Crippen LogP contribution in [0, 0.1) is 0 Å². The molecule has 5 aliphatic rings. The van der Waals surface area contributed by atoms with Crippen LogP contribution in [-0.4, -0.2) is 92.4 Å². The standard InChI is InChI=1S/C83H102N6O16/c1-7-13-19-31-60(90)100-45-81(46-101-61(91)32-20-14-8-2)84-58-29-25-27-51-37-41-54(73(86-81)66(51)58)69-77(96)71(78(69)97)56-43-39-53-40-44-57(76-68(53)75(56)88-83(89-76,49-104-64(94)35-23-17-11-5)50-105-65(95)36-24-18-12-6)72-79(98)70(80(72)99)55-42-38-52-28-26-30-59-67(52)74(55)87-82(85-59,47-102-62(92)33-21-15-9-3)48-103-63(93)34-22-16-10-4/h25-30,37-44,84-89,96-99H,7-24,31-36,45-50H2,1-6H3/p-4. The van der Waals surface area contributed by atoms with E-state index in [2.05, 4.69) is 31.9 Å². The van der Waals surface area contributed by atoms with Crippen LogP contribution in [0.2, 0.25) is 0 Å². The number of carbonyl (C=O) groups is 6. The molecular weight excluding hydrogens is 1340 g/mol. The number of benzene rings is 6. The van der Waals surface area contributed by atoms with Gasteiger partial charge in [-0.25, -0.2) is 0 Å². The summed E-state index contributed by atoms with van der Waals surface area (Å²) in [4.78, 5) is 81.0. The van der Waals surface area contributed by atoms with Crippen LogP contribution in [0.15, 0.2) is 108 Å². The van der Waals surface area contributed by atoms with Gasteiger partial charge < -0.3 is 80.7 Å². The maximum Gasteiger partial charge on any atom is 0.305 e. The Labute approximate surface area is 613 Å². The van der Waals surface area contributed by atoms with Crippen molar-refractivity contribution in [2.75, 3.05) is 71.5 Å². The summed E-state index contributed by atoms with van der Waals surface area (Å²) in [6.45, 7) is 9.95. The van der Waals surface area contributed by atoms with Gasteiger partial charge in [-0.3, -0.25) is 28.8 Å². The van der Waals surface area contributed by atoms with Gasteiger partial charge in [-0.1, -0.05) is 214 Å². The minimum Gasteiger partial charge on any atom is -0.872 e. The van der Waals surface area contributed by atoms with Gasteiger partial charge in [0, 0.05) is 88.3 Å². The molecule has 560 valence electrons. The summed E-state index contributed by atoms with van der Waals surface area (Å²) in [6, 6.07) is 24.7. The van der Waals surface area contributed by atoms with Gasteiger partial charge in [0.2, 0.25) is 0 Å². The molecule has 0 saturated carbocycles. The van der Waals surface area contributed by atoms with Crippen LogP contribution < -0.4 is 52.3 Å². The molecule has 6 N–H and O–H groups in total. The smallest absolute Gasteiger partial charge is 0.305 e. The van der Waals surface area contributed by atoms with Gasteiger partial charge in [0.1, 0.15) is 39.6 Å². The van der Waals surface area contributed by atoms with Crippen LogP contribution >= 0.6 is 0 Å². The normalized spacial score (nSPS) is 15.5. The third-order valence-corrected chi connectivity index (χ3v) is 20.2. The number of rotatable bonds is 40. The highest BCUT2D eigenvalue weighted by molar-refractivity contribution is 6.21. The number of unbranched alkanes of at least 4 members (excludes halogenated alkanes) is 12. The van der Waals surface area contributed by atoms with Crippen molar-refractivity contribution in [1.82, 2.24) is 0 Å². The molecular formula is C83H98N6O16-4. The molecule has 0 spiro atoms. The van der Waals surface area contributed by atoms with E-state index >= 15 is 20.4 Å². The molecule has 22 heteroatoms. The van der Waals surface area contributed by atoms with Gasteiger partial charge in [-0.15, -0.1) is 0 Å². The fourth-order valence-corrected chi connectivity index (χ4v) is 14.4. The van der Waals surface area contributed by atoms with Gasteiger partial charge in [0.15, 0.2) is 17.0 Å². The van der Waals surface area contributed by atoms with Crippen molar-refractivity contribution < 1.29 is 77.6 Å². The number of ether oxygens (including phenoxy) is 6. The predicted octanol–water partition coefficient (Wildman–Crippen LogP) is 13.2. The van der Waals surface area contributed by atoms with E-state index in [0.717, 1.165) is 87.8 Å². The molecule has 0 saturated heterocycles. The number of nitrogens with one attached hydrogen (secondary N) is 6. The molecule has 0 radical (unpaired) electrons. The van der Waals surface area contributed by atoms with Crippen molar-refractivity contribution in [2.45, 2.75) is 213 Å². The summed E-state index contributed by atoms with van der Waals surface area (Å²) in [7, 11) is 0. The Morgan fingerprint density at radius 3 is 0.743 bits per heavy atom. The minimum absolute atomic E-state index is 0.0693. The first kappa shape index (κ1) is 76.0. The molecule has 0 atom stereocenters. The summed E-state index contributed by atoms with van der Waals surface area (Å²) in [5.74, 6) is -5.47. The molecule has 6 aromatic rings. The first-order valence-electron chi connectivity index (χ1n) is 37.9. The van der Waals surface area contributed by atoms with Crippen molar-refractivity contribution in [1.29, 1.82) is 0 Å². The summed E-state index contributed by atoms with van der Waals surface area (Å²) in [6.07, 6.45) is 14.4. The van der Waals surface area contributed by atoms with Crippen molar-refractivity contribution in [2.24, 2.45) is 0 Å². The average molecular weight is 1440 g/mol. The van der Waals surface area contributed by atoms with Crippen molar-refractivity contribution in [3.05, 3.63) is 130 Å². The van der Waals surface area contributed by atoms with Gasteiger partial charge in [0.05, 0.1) is 22.7 Å². The molecule has 0 aromatic heterocycles. The van der Waals surface area contributed by atoms with E-state index in [9.17, 15) is 28.8 Å². The number of anilines is 6. The Morgan fingerprint density at radius 2 is 0.505 bits per heavy atom. The number of hydrogen-bond acceptors (Lipinski definition) is 22. The second kappa shape index (κ2) is 34.2. The van der Waals surface area contributed by atoms with E-state index in [1.54, 1.807) is 48.5 Å². The monoisotopic (exact) mass is 1430 g/mol. The summed E-state index contributed by atoms with van der Waals surface area (Å²) >= 11 is 0. The maximum absolute atomic E-state index is 15.6. The van der Waals surface area contributed by atoms with Crippen LogP contribution in [0.25, 0.3) is 54.6 Å². The second-order valence-electron chi connectivity index (χ2n) is 28.4. The third-order valence-electron chi connectivity index (χ3n) is 20.2. The quantitative estimate of drug-likeness (QED) is 0.0118. The zero-order valence-electron chi connectivity index (χ0n) is 61.3. The fourth-order valence-electron chi connectivity index (χ4n) is 14.4. The van der Waals surface area contributed by atoms with Crippen LogP contribution in [0.1, 0.15) is 218 Å². The van der Waals surface area contributed by atoms with Gasteiger partial charge in [0.25, 0.3) is 0 Å². The molecule has 3 aliphatic heterocycles. The summed E-state index contributed by atoms with van der Waals surface area (Å²) in [5, 5.41) is 86.8. The maximum atomic E-state index is 15.6. The molecule has 3 heterocycles. The largest absolute Gasteiger partial charge is 0.872 e. The predicted molar refractivity (Wildman–Crippen MR) is 400 cm³/mol. The Morgan fingerprint density at radius 1 is 0.286 bits per heavy atom. The third kappa shape index (κ3) is 16.7. The molecule has 11 rings (SSSR count). The molecule has 22 nitrogen and oxygen atoms in total. The Balaban J connectivity index is 1.02. The first-order valence-corrected chi connectivity index (χ1v) is 37.9. The minimum atomic E-state index is -1.78. The van der Waals surface area contributed by atoms with Crippen molar-refractivity contribution >= 4 is 125 Å². The highest BCUT2D eigenvalue weighted by Gasteiger charge is 2.45. The van der Waals surface area contributed by atoms with E-state index in [4.69, 9.17) is 28.4 Å². The zero-order chi connectivity index (χ0) is 74.4. The lowest BCUT2D eigenvalue weighted by molar-refractivity contribution is -0.317. The number of allylic oxidation sites excluding steroid dienone is 4. The van der Waals surface area contributed by atoms with E-state index in [0.29, 0.717) is 82.8 Å². The summed E-state index contributed by atoms with van der Waals surface area (Å²) in [5.41, 5.74) is -2.62. The molecule has 0 unspecified atom stereocenters. The molecule has 0 fully saturated rings. The number of carbonyl (C=O) groups excluding carboxylic acids is 6. The van der Waals surface area contributed by atoms with E-state index in [1.165, 1.54) is 0 Å². The van der Waals surface area contributed by atoms with Crippen LogP contribution in [-0.2, 0) is 57.2 Å². The van der Waals surface area contributed by atoms with E-state index in [1.807, 2.05) is 77.9 Å². The number of hydrogen-bond donors (Lipinski definition) is 6. The highest BCUT2D eigenvalue weighted by Crippen LogP contribution is 2.56. The lowest BCUT2D eigenvalue weighted by atomic mass is 9.79. The highest BCUT2D eigenvalue weighted by atomic mass is 16.6. The molecule has 2 aliphatic carbocycles. The average Bonchev–Trinajstić information content (AvgIpc) is 0.706. The van der Waals surface area contributed by atoms with Crippen molar-refractivity contribution in [3.8, 4) is 0 Å². The topological polar surface area (TPSA) is 322 Å². The van der Waals surface area contributed by atoms with Crippen molar-refractivity contribution in [3.63, 3.8) is 0 Å². The van der Waals surface area contributed by atoms with Gasteiger partial charge in [-0.05, 0) is 89.1 Å². The second-order valence-corrected chi connectivity index (χ2v) is 28.4. The molecule has 0 amide bonds. The fraction of sp³-hybridized carbons (Fsp3) is 0.470. The van der Waals surface area contributed by atoms with E-state index < -0.39 is 89.1 Å². The molecule has 105 heavy (non-hydrogen) atoms. The van der Waals surface area contributed by atoms with Gasteiger partial charge in [-0.2, -0.15) is 0 Å². The Hall–Kier alpha value is -10.1. The summed E-state index contributed by atoms with van der Waals surface area (Å²) < 4.78 is 36.0. The van der Waals surface area contributed by atoms with E-state index in [-0.39, 0.29) is 121 Å². The Bertz CT molecular complexity index is 4090.